The molecule has 0 radical (unpaired) electrons. The van der Waals surface area contributed by atoms with Crippen LogP contribution < -0.4 is 21.1 Å². The summed E-state index contributed by atoms with van der Waals surface area (Å²) in [7, 11) is 1.59. The Balaban J connectivity index is 1.97. The van der Waals surface area contributed by atoms with Crippen LogP contribution in [0.3, 0.4) is 0 Å². The third-order valence-corrected chi connectivity index (χ3v) is 7.44. The van der Waals surface area contributed by atoms with Gasteiger partial charge in [-0.2, -0.15) is 0 Å². The third-order valence-electron chi connectivity index (χ3n) is 7.44. The highest BCUT2D eigenvalue weighted by Crippen LogP contribution is 2.29. The molecule has 0 saturated heterocycles. The molecule has 0 aromatic heterocycles. The molecule has 8 nitrogen and oxygen atoms in total. The molecule has 0 heterocycles. The quantitative estimate of drug-likeness (QED) is 0.180. The highest BCUT2D eigenvalue weighted by atomic mass is 19.1. The van der Waals surface area contributed by atoms with Gasteiger partial charge in [0, 0.05) is 51.1 Å². The Labute approximate surface area is 248 Å². The van der Waals surface area contributed by atoms with E-state index in [2.05, 4.69) is 10.6 Å². The average Bonchev–Trinajstić information content (AvgIpc) is 2.93. The zero-order valence-electron chi connectivity index (χ0n) is 25.4. The highest BCUT2D eigenvalue weighted by molar-refractivity contribution is 5.92. The lowest BCUT2D eigenvalue weighted by Crippen LogP contribution is -2.42. The van der Waals surface area contributed by atoms with Crippen molar-refractivity contribution in [2.24, 2.45) is 29.4 Å². The van der Waals surface area contributed by atoms with Gasteiger partial charge in [-0.25, -0.2) is 8.78 Å². The second-order valence-corrected chi connectivity index (χ2v) is 11.5. The normalized spacial score (nSPS) is 14.4. The van der Waals surface area contributed by atoms with Crippen molar-refractivity contribution in [3.8, 4) is 5.75 Å². The van der Waals surface area contributed by atoms with Crippen LogP contribution in [-0.4, -0.2) is 49.4 Å². The second-order valence-electron chi connectivity index (χ2n) is 11.5. The van der Waals surface area contributed by atoms with Gasteiger partial charge in [0.15, 0.2) is 0 Å². The Hall–Kier alpha value is -3.08. The van der Waals surface area contributed by atoms with E-state index in [1.165, 1.54) is 30.3 Å². The van der Waals surface area contributed by atoms with Crippen LogP contribution in [0, 0.1) is 35.3 Å². The van der Waals surface area contributed by atoms with E-state index < -0.39 is 23.9 Å². The fourth-order valence-electron chi connectivity index (χ4n) is 4.69. The first-order chi connectivity index (χ1) is 19.9. The molecule has 2 aromatic rings. The van der Waals surface area contributed by atoms with Crippen molar-refractivity contribution in [3.05, 3.63) is 59.7 Å². The Morgan fingerprint density at radius 3 is 2.24 bits per heavy atom. The Bertz CT molecular complexity index is 1110. The predicted octanol–water partition coefficient (Wildman–Crippen LogP) is 5.04. The van der Waals surface area contributed by atoms with E-state index in [9.17, 15) is 23.5 Å². The van der Waals surface area contributed by atoms with Crippen LogP contribution in [0.5, 0.6) is 5.75 Å². The van der Waals surface area contributed by atoms with Crippen molar-refractivity contribution in [3.63, 3.8) is 0 Å². The maximum Gasteiger partial charge on any atom is 0.224 e. The van der Waals surface area contributed by atoms with Gasteiger partial charge in [-0.15, -0.1) is 0 Å². The molecule has 2 aromatic carbocycles. The largest absolute Gasteiger partial charge is 0.491 e. The SMILES string of the molecule is COCCCOc1ccc(F)cc1NC(=O)C[C@@H](C[C@H](N)[C@@H](O)C[C@H](C(=O)NCc1ccc(F)cc1)C(C)C)C(C)C. The van der Waals surface area contributed by atoms with Crippen molar-refractivity contribution >= 4 is 17.5 Å². The van der Waals surface area contributed by atoms with Crippen LogP contribution in [0.25, 0.3) is 0 Å². The van der Waals surface area contributed by atoms with Crippen LogP contribution in [-0.2, 0) is 20.9 Å². The predicted molar refractivity (Wildman–Crippen MR) is 160 cm³/mol. The van der Waals surface area contributed by atoms with Gasteiger partial charge in [-0.1, -0.05) is 39.8 Å². The lowest BCUT2D eigenvalue weighted by atomic mass is 9.82. The first-order valence-corrected chi connectivity index (χ1v) is 14.6. The van der Waals surface area contributed by atoms with Gasteiger partial charge in [0.2, 0.25) is 11.8 Å². The number of methoxy groups -OCH3 is 1. The first-order valence-electron chi connectivity index (χ1n) is 14.6. The Morgan fingerprint density at radius 1 is 0.952 bits per heavy atom. The van der Waals surface area contributed by atoms with Crippen LogP contribution >= 0.6 is 0 Å². The molecule has 0 aliphatic heterocycles. The van der Waals surface area contributed by atoms with Gasteiger partial charge in [0.25, 0.3) is 0 Å². The van der Waals surface area contributed by atoms with Crippen molar-refractivity contribution in [1.82, 2.24) is 5.32 Å². The standard InChI is InChI=1S/C32H47F2N3O5/c1-20(2)23(16-31(39)37-28-17-25(34)11-12-30(28)42-14-6-13-41-5)15-27(35)29(38)18-26(21(3)4)32(40)36-19-22-7-9-24(33)10-8-22/h7-12,17,20-21,23,26-27,29,38H,6,13-16,18-19,35H2,1-5H3,(H,36,40)(H,37,39)/t23-,26+,27+,29+/m1/s1. The number of anilines is 1. The summed E-state index contributed by atoms with van der Waals surface area (Å²) in [5.74, 6) is -1.63. The van der Waals surface area contributed by atoms with E-state index >= 15 is 0 Å². The number of amides is 2. The Kier molecular flexibility index (Phi) is 14.9. The van der Waals surface area contributed by atoms with Gasteiger partial charge < -0.3 is 30.9 Å². The fraction of sp³-hybridized carbons (Fsp3) is 0.562. The molecule has 5 N–H and O–H groups in total. The van der Waals surface area contributed by atoms with Gasteiger partial charge in [-0.05, 0) is 60.4 Å². The number of carbonyl (C=O) groups excluding carboxylic acids is 2. The summed E-state index contributed by atoms with van der Waals surface area (Å²) in [4.78, 5) is 25.9. The molecule has 42 heavy (non-hydrogen) atoms. The summed E-state index contributed by atoms with van der Waals surface area (Å²) in [6.45, 7) is 8.88. The van der Waals surface area contributed by atoms with Crippen LogP contribution in [0.2, 0.25) is 0 Å². The molecule has 2 amide bonds. The number of benzene rings is 2. The molecule has 0 bridgehead atoms. The van der Waals surface area contributed by atoms with E-state index in [-0.39, 0.29) is 60.5 Å². The molecular formula is C32H47F2N3O5. The number of rotatable bonds is 18. The van der Waals surface area contributed by atoms with Crippen molar-refractivity contribution in [1.29, 1.82) is 0 Å². The summed E-state index contributed by atoms with van der Waals surface area (Å²) >= 11 is 0. The molecule has 234 valence electrons. The van der Waals surface area contributed by atoms with E-state index in [1.807, 2.05) is 27.7 Å². The summed E-state index contributed by atoms with van der Waals surface area (Å²) < 4.78 is 37.8. The molecule has 2 rings (SSSR count). The maximum atomic E-state index is 13.9. The third kappa shape index (κ3) is 12.0. The summed E-state index contributed by atoms with van der Waals surface area (Å²) in [5, 5.41) is 16.6. The summed E-state index contributed by atoms with van der Waals surface area (Å²) in [6.07, 6.45) is 0.317. The topological polar surface area (TPSA) is 123 Å². The zero-order chi connectivity index (χ0) is 31.2. The molecule has 10 heteroatoms. The maximum absolute atomic E-state index is 13.9. The monoisotopic (exact) mass is 591 g/mol. The van der Waals surface area contributed by atoms with E-state index in [4.69, 9.17) is 15.2 Å². The molecule has 0 spiro atoms. The van der Waals surface area contributed by atoms with Gasteiger partial charge in [0.05, 0.1) is 18.4 Å². The van der Waals surface area contributed by atoms with E-state index in [1.54, 1.807) is 19.2 Å². The minimum atomic E-state index is -0.964. The number of nitrogens with one attached hydrogen (secondary N) is 2. The number of halogens is 2. The van der Waals surface area contributed by atoms with E-state index in [0.29, 0.717) is 31.8 Å². The number of hydrogen-bond donors (Lipinski definition) is 4. The molecule has 0 aliphatic rings. The van der Waals surface area contributed by atoms with Gasteiger partial charge in [0.1, 0.15) is 17.4 Å². The number of aliphatic hydroxyl groups is 1. The number of hydrogen-bond acceptors (Lipinski definition) is 6. The molecule has 0 unspecified atom stereocenters. The summed E-state index contributed by atoms with van der Waals surface area (Å²) in [5.41, 5.74) is 7.42. The average molecular weight is 592 g/mol. The zero-order valence-corrected chi connectivity index (χ0v) is 25.4. The van der Waals surface area contributed by atoms with Gasteiger partial charge >= 0.3 is 0 Å². The molecule has 0 fully saturated rings. The Morgan fingerprint density at radius 2 is 1.62 bits per heavy atom. The molecule has 0 aliphatic carbocycles. The smallest absolute Gasteiger partial charge is 0.224 e. The van der Waals surface area contributed by atoms with Crippen molar-refractivity contribution in [2.75, 3.05) is 25.6 Å². The second kappa shape index (κ2) is 17.8. The first kappa shape index (κ1) is 35.1. The van der Waals surface area contributed by atoms with E-state index in [0.717, 1.165) is 5.56 Å². The minimum absolute atomic E-state index is 0.0519. The fourth-order valence-corrected chi connectivity index (χ4v) is 4.69. The number of nitrogens with two attached hydrogens (primary N) is 1. The minimum Gasteiger partial charge on any atom is -0.491 e. The lowest BCUT2D eigenvalue weighted by Gasteiger charge is -2.29. The number of ether oxygens (including phenoxy) is 2. The molecule has 4 atom stereocenters. The van der Waals surface area contributed by atoms with Gasteiger partial charge in [-0.3, -0.25) is 9.59 Å². The van der Waals surface area contributed by atoms with Crippen LogP contribution in [0.1, 0.15) is 58.9 Å². The lowest BCUT2D eigenvalue weighted by molar-refractivity contribution is -0.127. The number of aliphatic hydroxyl groups excluding tert-OH is 1. The van der Waals surface area contributed by atoms with Crippen molar-refractivity contribution < 1.29 is 33.0 Å². The molecule has 0 saturated carbocycles. The van der Waals surface area contributed by atoms with Crippen LogP contribution in [0.4, 0.5) is 14.5 Å². The highest BCUT2D eigenvalue weighted by Gasteiger charge is 2.30. The van der Waals surface area contributed by atoms with Crippen LogP contribution in [0.15, 0.2) is 42.5 Å². The number of carbonyl (C=O) groups is 2. The van der Waals surface area contributed by atoms with Crippen molar-refractivity contribution in [2.45, 2.75) is 72.1 Å². The molecular weight excluding hydrogens is 544 g/mol. The summed E-state index contributed by atoms with van der Waals surface area (Å²) in [6, 6.07) is 9.20.